The van der Waals surface area contributed by atoms with Gasteiger partial charge in [-0.1, -0.05) is 26.0 Å². The van der Waals surface area contributed by atoms with Gasteiger partial charge in [-0.05, 0) is 42.0 Å². The first-order chi connectivity index (χ1) is 14.8. The highest BCUT2D eigenvalue weighted by molar-refractivity contribution is 7.89. The van der Waals surface area contributed by atoms with Crippen molar-refractivity contribution in [3.8, 4) is 0 Å². The smallest absolute Gasteiger partial charge is 0.311 e. The Bertz CT molecular complexity index is 1050. The molecule has 1 saturated heterocycles. The maximum Gasteiger partial charge on any atom is 0.311 e. The second-order valence-corrected chi connectivity index (χ2v) is 9.16. The highest BCUT2D eigenvalue weighted by atomic mass is 32.2. The highest BCUT2D eigenvalue weighted by Gasteiger charge is 2.36. The molecule has 0 aromatic heterocycles. The number of hydrogen-bond acceptors (Lipinski definition) is 5. The van der Waals surface area contributed by atoms with Gasteiger partial charge in [0.1, 0.15) is 12.4 Å². The van der Waals surface area contributed by atoms with Gasteiger partial charge in [0.25, 0.3) is 0 Å². The maximum atomic E-state index is 13.2. The molecule has 0 saturated carbocycles. The molecule has 0 spiro atoms. The Balaban J connectivity index is 1.65. The lowest BCUT2D eigenvalue weighted by Gasteiger charge is -2.20. The predicted octanol–water partition coefficient (Wildman–Crippen LogP) is 2.95. The minimum Gasteiger partial charge on any atom is -0.461 e. The van der Waals surface area contributed by atoms with Gasteiger partial charge in [-0.3, -0.25) is 9.59 Å². The van der Waals surface area contributed by atoms with Gasteiger partial charge < -0.3 is 9.64 Å². The zero-order valence-corrected chi connectivity index (χ0v) is 18.3. The van der Waals surface area contributed by atoms with Crippen LogP contribution in [0.25, 0.3) is 0 Å². The molecule has 0 N–H and O–H groups in total. The molecule has 1 aliphatic heterocycles. The lowest BCUT2D eigenvalue weighted by molar-refractivity contribution is -0.149. The van der Waals surface area contributed by atoms with Gasteiger partial charge in [0.05, 0.1) is 10.8 Å². The normalized spacial score (nSPS) is 16.7. The van der Waals surface area contributed by atoms with Gasteiger partial charge in [-0.15, -0.1) is 0 Å². The zero-order valence-electron chi connectivity index (χ0n) is 17.5. The predicted molar refractivity (Wildman–Crippen MR) is 113 cm³/mol. The van der Waals surface area contributed by atoms with Crippen molar-refractivity contribution in [3.63, 3.8) is 0 Å². The maximum absolute atomic E-state index is 13.2. The van der Waals surface area contributed by atoms with Crippen molar-refractivity contribution in [3.05, 3.63) is 59.9 Å². The van der Waals surface area contributed by atoms with Crippen LogP contribution in [-0.2, 0) is 31.0 Å². The van der Waals surface area contributed by atoms with Crippen molar-refractivity contribution >= 4 is 27.6 Å². The molecule has 2 aromatic carbocycles. The summed E-state index contributed by atoms with van der Waals surface area (Å²) in [6.45, 7) is 4.34. The molecule has 7 nitrogen and oxygen atoms in total. The van der Waals surface area contributed by atoms with E-state index in [-0.39, 0.29) is 30.4 Å². The van der Waals surface area contributed by atoms with Crippen LogP contribution in [0, 0.1) is 11.7 Å². The lowest BCUT2D eigenvalue weighted by Crippen LogP contribution is -2.30. The number of sulfonamides is 1. The summed E-state index contributed by atoms with van der Waals surface area (Å²) in [7, 11) is -3.59. The standard InChI is InChI=1S/C22H25FN2O5S/c1-3-24(4-2)31(28,29)20-10-8-19(9-11-20)25-14-17(13-21(25)26)22(27)30-15-16-6-5-7-18(23)12-16/h5-12,17H,3-4,13-15H2,1-2H3/t17-/m0/s1. The molecule has 31 heavy (non-hydrogen) atoms. The molecule has 1 atom stereocenters. The number of esters is 1. The molecular weight excluding hydrogens is 423 g/mol. The first-order valence-corrected chi connectivity index (χ1v) is 11.5. The van der Waals surface area contributed by atoms with E-state index in [2.05, 4.69) is 0 Å². The summed E-state index contributed by atoms with van der Waals surface area (Å²) in [5, 5.41) is 0. The Morgan fingerprint density at radius 2 is 1.84 bits per heavy atom. The first kappa shape index (κ1) is 22.9. The number of nitrogens with zero attached hydrogens (tertiary/aromatic N) is 2. The van der Waals surface area contributed by atoms with E-state index in [1.807, 2.05) is 0 Å². The number of ether oxygens (including phenoxy) is 1. The fraction of sp³-hybridized carbons (Fsp3) is 0.364. The van der Waals surface area contributed by atoms with Crippen LogP contribution in [0.3, 0.4) is 0 Å². The number of anilines is 1. The Labute approximate surface area is 181 Å². The third-order valence-corrected chi connectivity index (χ3v) is 7.28. The van der Waals surface area contributed by atoms with Crippen LogP contribution < -0.4 is 4.90 Å². The Morgan fingerprint density at radius 1 is 1.16 bits per heavy atom. The first-order valence-electron chi connectivity index (χ1n) is 10.1. The number of hydrogen-bond donors (Lipinski definition) is 0. The molecule has 1 amide bonds. The number of rotatable bonds is 8. The molecule has 9 heteroatoms. The van der Waals surface area contributed by atoms with Crippen molar-refractivity contribution in [2.24, 2.45) is 5.92 Å². The van der Waals surface area contributed by atoms with E-state index in [0.717, 1.165) is 0 Å². The van der Waals surface area contributed by atoms with Gasteiger partial charge in [-0.25, -0.2) is 12.8 Å². The summed E-state index contributed by atoms with van der Waals surface area (Å²) in [6, 6.07) is 11.8. The fourth-order valence-corrected chi connectivity index (χ4v) is 4.98. The Hall–Kier alpha value is -2.78. The van der Waals surface area contributed by atoms with E-state index in [9.17, 15) is 22.4 Å². The molecule has 0 radical (unpaired) electrons. The SMILES string of the molecule is CCN(CC)S(=O)(=O)c1ccc(N2C[C@@H](C(=O)OCc3cccc(F)c3)CC2=O)cc1. The monoisotopic (exact) mass is 448 g/mol. The second kappa shape index (κ2) is 9.57. The quantitative estimate of drug-likeness (QED) is 0.580. The van der Waals surface area contributed by atoms with E-state index in [0.29, 0.717) is 24.3 Å². The molecule has 0 aliphatic carbocycles. The van der Waals surface area contributed by atoms with Crippen molar-refractivity contribution in [1.29, 1.82) is 0 Å². The van der Waals surface area contributed by atoms with Crippen LogP contribution in [0.2, 0.25) is 0 Å². The van der Waals surface area contributed by atoms with Crippen LogP contribution in [-0.4, -0.2) is 44.2 Å². The summed E-state index contributed by atoms with van der Waals surface area (Å²) in [5.74, 6) is -1.82. The molecule has 1 fully saturated rings. The molecule has 1 aliphatic rings. The Kier molecular flexibility index (Phi) is 7.07. The van der Waals surface area contributed by atoms with E-state index in [1.54, 1.807) is 32.0 Å². The number of halogens is 1. The van der Waals surface area contributed by atoms with Crippen LogP contribution >= 0.6 is 0 Å². The van der Waals surface area contributed by atoms with Crippen LogP contribution in [0.5, 0.6) is 0 Å². The van der Waals surface area contributed by atoms with Crippen molar-refractivity contribution < 1.29 is 27.1 Å². The molecular formula is C22H25FN2O5S. The average Bonchev–Trinajstić information content (AvgIpc) is 3.14. The van der Waals surface area contributed by atoms with Crippen molar-refractivity contribution in [2.45, 2.75) is 31.8 Å². The minimum atomic E-state index is -3.59. The largest absolute Gasteiger partial charge is 0.461 e. The van der Waals surface area contributed by atoms with Gasteiger partial charge in [0.15, 0.2) is 0 Å². The van der Waals surface area contributed by atoms with E-state index < -0.39 is 27.7 Å². The van der Waals surface area contributed by atoms with Crippen molar-refractivity contribution in [1.82, 2.24) is 4.31 Å². The topological polar surface area (TPSA) is 84.0 Å². The van der Waals surface area contributed by atoms with E-state index in [4.69, 9.17) is 4.74 Å². The van der Waals surface area contributed by atoms with Crippen LogP contribution in [0.4, 0.5) is 10.1 Å². The molecule has 2 aromatic rings. The summed E-state index contributed by atoms with van der Waals surface area (Å²) < 4.78 is 45.0. The number of amides is 1. The minimum absolute atomic E-state index is 0.00147. The van der Waals surface area contributed by atoms with E-state index >= 15 is 0 Å². The number of carbonyl (C=O) groups is 2. The molecule has 166 valence electrons. The molecule has 0 bridgehead atoms. The summed E-state index contributed by atoms with van der Waals surface area (Å²) in [5.41, 5.74) is 1.04. The average molecular weight is 449 g/mol. The van der Waals surface area contributed by atoms with Gasteiger partial charge >= 0.3 is 5.97 Å². The van der Waals surface area contributed by atoms with Crippen LogP contribution in [0.1, 0.15) is 25.8 Å². The summed E-state index contributed by atoms with van der Waals surface area (Å²) >= 11 is 0. The third kappa shape index (κ3) is 5.11. The third-order valence-electron chi connectivity index (χ3n) is 5.22. The van der Waals surface area contributed by atoms with Gasteiger partial charge in [0.2, 0.25) is 15.9 Å². The number of benzene rings is 2. The highest BCUT2D eigenvalue weighted by Crippen LogP contribution is 2.28. The van der Waals surface area contributed by atoms with Gasteiger partial charge in [-0.2, -0.15) is 4.31 Å². The van der Waals surface area contributed by atoms with Crippen LogP contribution in [0.15, 0.2) is 53.4 Å². The summed E-state index contributed by atoms with van der Waals surface area (Å²) in [6.07, 6.45) is 0.00147. The van der Waals surface area contributed by atoms with Crippen molar-refractivity contribution in [2.75, 3.05) is 24.5 Å². The molecule has 0 unspecified atom stereocenters. The number of carbonyl (C=O) groups excluding carboxylic acids is 2. The fourth-order valence-electron chi connectivity index (χ4n) is 3.52. The lowest BCUT2D eigenvalue weighted by atomic mass is 10.1. The summed E-state index contributed by atoms with van der Waals surface area (Å²) in [4.78, 5) is 26.4. The van der Waals surface area contributed by atoms with Gasteiger partial charge in [0, 0.05) is 31.7 Å². The van der Waals surface area contributed by atoms with E-state index in [1.165, 1.54) is 39.5 Å². The Morgan fingerprint density at radius 3 is 2.45 bits per heavy atom. The molecule has 1 heterocycles. The molecule has 3 rings (SSSR count). The second-order valence-electron chi connectivity index (χ2n) is 7.23. The zero-order chi connectivity index (χ0) is 22.6.